The Morgan fingerprint density at radius 2 is 1.80 bits per heavy atom. The van der Waals surface area contributed by atoms with E-state index in [-0.39, 0.29) is 11.1 Å². The molecule has 0 atom stereocenters. The van der Waals surface area contributed by atoms with Crippen LogP contribution in [0.1, 0.15) is 51.7 Å². The van der Waals surface area contributed by atoms with Gasteiger partial charge in [0.05, 0.1) is 12.7 Å². The van der Waals surface area contributed by atoms with E-state index in [1.165, 1.54) is 11.1 Å². The predicted molar refractivity (Wildman–Crippen MR) is 85.6 cm³/mol. The maximum Gasteiger partial charge on any atom is 0.0726 e. The van der Waals surface area contributed by atoms with Crippen molar-refractivity contribution in [3.63, 3.8) is 0 Å². The van der Waals surface area contributed by atoms with Crippen molar-refractivity contribution in [2.24, 2.45) is 0 Å². The topological polar surface area (TPSA) is 21.3 Å². The molecule has 0 unspecified atom stereocenters. The number of benzene rings is 1. The molecule has 0 amide bonds. The lowest BCUT2D eigenvalue weighted by atomic mass is 9.81. The van der Waals surface area contributed by atoms with Gasteiger partial charge in [-0.2, -0.15) is 0 Å². The molecule has 2 heteroatoms. The van der Waals surface area contributed by atoms with Gasteiger partial charge in [0.1, 0.15) is 0 Å². The van der Waals surface area contributed by atoms with Crippen molar-refractivity contribution in [1.29, 1.82) is 0 Å². The predicted octanol–water partition coefficient (Wildman–Crippen LogP) is 4.16. The number of ether oxygens (including phenoxy) is 1. The van der Waals surface area contributed by atoms with Crippen molar-refractivity contribution in [1.82, 2.24) is 5.32 Å². The fourth-order valence-corrected chi connectivity index (χ4v) is 3.42. The van der Waals surface area contributed by atoms with Crippen LogP contribution in [0.4, 0.5) is 0 Å². The highest BCUT2D eigenvalue weighted by atomic mass is 16.5. The normalized spacial score (nSPS) is 21.6. The second-order valence-corrected chi connectivity index (χ2v) is 7.14. The Morgan fingerprint density at radius 1 is 1.20 bits per heavy atom. The van der Waals surface area contributed by atoms with Crippen molar-refractivity contribution in [3.05, 3.63) is 42.0 Å². The zero-order valence-corrected chi connectivity index (χ0v) is 13.2. The van der Waals surface area contributed by atoms with Crippen LogP contribution in [0.25, 0.3) is 6.08 Å². The van der Waals surface area contributed by atoms with E-state index in [1.807, 2.05) is 12.1 Å². The van der Waals surface area contributed by atoms with Crippen LogP contribution in [0.5, 0.6) is 0 Å². The minimum atomic E-state index is 0.129. The summed E-state index contributed by atoms with van der Waals surface area (Å²) in [6.07, 6.45) is 4.30. The lowest BCUT2D eigenvalue weighted by molar-refractivity contribution is -0.0304. The molecule has 2 nitrogen and oxygen atoms in total. The molecule has 1 N–H and O–H groups in total. The fourth-order valence-electron chi connectivity index (χ4n) is 3.42. The number of piperidine rings is 1. The summed E-state index contributed by atoms with van der Waals surface area (Å²) in [5, 5.41) is 3.69. The zero-order valence-electron chi connectivity index (χ0n) is 13.2. The molecule has 1 fully saturated rings. The Kier molecular flexibility index (Phi) is 4.36. The van der Waals surface area contributed by atoms with E-state index >= 15 is 0 Å². The number of hydrogen-bond donors (Lipinski definition) is 1. The third kappa shape index (κ3) is 3.94. The van der Waals surface area contributed by atoms with Gasteiger partial charge < -0.3 is 10.1 Å². The zero-order chi connectivity index (χ0) is 14.8. The van der Waals surface area contributed by atoms with E-state index in [4.69, 9.17) is 4.74 Å². The standard InChI is InChI=1S/C18H27NO/c1-6-14-9-7-8-10-15(14)13-20-16-11-17(2,3)19-18(4,5)12-16/h6-10,16,19H,1,11-13H2,2-5H3. The van der Waals surface area contributed by atoms with Crippen LogP contribution in [0, 0.1) is 0 Å². The van der Waals surface area contributed by atoms with Crippen molar-refractivity contribution in [2.45, 2.75) is 64.3 Å². The van der Waals surface area contributed by atoms with Crippen LogP contribution < -0.4 is 5.32 Å². The lowest BCUT2D eigenvalue weighted by Gasteiger charge is -2.46. The summed E-state index contributed by atoms with van der Waals surface area (Å²) in [5.74, 6) is 0. The van der Waals surface area contributed by atoms with Crippen LogP contribution in [0.3, 0.4) is 0 Å². The second kappa shape index (κ2) is 5.71. The molecule has 0 aromatic heterocycles. The molecule has 110 valence electrons. The second-order valence-electron chi connectivity index (χ2n) is 7.14. The van der Waals surface area contributed by atoms with Crippen LogP contribution in [-0.2, 0) is 11.3 Å². The molecule has 1 aromatic rings. The smallest absolute Gasteiger partial charge is 0.0726 e. The van der Waals surface area contributed by atoms with Crippen LogP contribution in [0.2, 0.25) is 0 Å². The van der Waals surface area contributed by atoms with Gasteiger partial charge in [-0.15, -0.1) is 0 Å². The maximum absolute atomic E-state index is 6.19. The Bertz CT molecular complexity index is 460. The van der Waals surface area contributed by atoms with Crippen molar-refractivity contribution in [3.8, 4) is 0 Å². The maximum atomic E-state index is 6.19. The quantitative estimate of drug-likeness (QED) is 0.889. The largest absolute Gasteiger partial charge is 0.373 e. The third-order valence-electron chi connectivity index (χ3n) is 3.90. The average Bonchev–Trinajstić information content (AvgIpc) is 2.33. The summed E-state index contributed by atoms with van der Waals surface area (Å²) in [6, 6.07) is 8.30. The van der Waals surface area contributed by atoms with Gasteiger partial charge in [-0.3, -0.25) is 0 Å². The summed E-state index contributed by atoms with van der Waals surface area (Å²) < 4.78 is 6.19. The van der Waals surface area contributed by atoms with Crippen LogP contribution in [-0.4, -0.2) is 17.2 Å². The van der Waals surface area contributed by atoms with E-state index in [1.54, 1.807) is 0 Å². The lowest BCUT2D eigenvalue weighted by Crippen LogP contribution is -2.59. The van der Waals surface area contributed by atoms with Crippen molar-refractivity contribution in [2.75, 3.05) is 0 Å². The average molecular weight is 273 g/mol. The van der Waals surface area contributed by atoms with Gasteiger partial charge in [0.15, 0.2) is 0 Å². The Morgan fingerprint density at radius 3 is 2.40 bits per heavy atom. The van der Waals surface area contributed by atoms with E-state index in [9.17, 15) is 0 Å². The number of nitrogens with one attached hydrogen (secondary N) is 1. The number of rotatable bonds is 4. The minimum Gasteiger partial charge on any atom is -0.373 e. The molecule has 1 aliphatic rings. The summed E-state index contributed by atoms with van der Waals surface area (Å²) in [5.41, 5.74) is 2.64. The first kappa shape index (κ1) is 15.3. The first-order valence-corrected chi connectivity index (χ1v) is 7.43. The molecule has 2 rings (SSSR count). The Hall–Kier alpha value is -1.12. The van der Waals surface area contributed by atoms with Gasteiger partial charge in [-0.25, -0.2) is 0 Å². The van der Waals surface area contributed by atoms with Gasteiger partial charge in [0.2, 0.25) is 0 Å². The monoisotopic (exact) mass is 273 g/mol. The van der Waals surface area contributed by atoms with E-state index in [0.717, 1.165) is 12.8 Å². The van der Waals surface area contributed by atoms with E-state index in [0.29, 0.717) is 12.7 Å². The molecule has 0 spiro atoms. The summed E-state index contributed by atoms with van der Waals surface area (Å²) in [7, 11) is 0. The molecule has 1 aliphatic heterocycles. The highest BCUT2D eigenvalue weighted by Gasteiger charge is 2.38. The Labute approximate surface area is 123 Å². The van der Waals surface area contributed by atoms with Crippen molar-refractivity contribution >= 4 is 6.08 Å². The highest BCUT2D eigenvalue weighted by molar-refractivity contribution is 5.51. The molecule has 0 radical (unpaired) electrons. The fraction of sp³-hybridized carbons (Fsp3) is 0.556. The molecule has 0 bridgehead atoms. The summed E-state index contributed by atoms with van der Waals surface area (Å²) in [6.45, 7) is 13.5. The number of hydrogen-bond acceptors (Lipinski definition) is 2. The molecule has 20 heavy (non-hydrogen) atoms. The molecule has 1 aromatic carbocycles. The van der Waals surface area contributed by atoms with Gasteiger partial charge in [-0.05, 0) is 51.7 Å². The van der Waals surface area contributed by atoms with Gasteiger partial charge >= 0.3 is 0 Å². The van der Waals surface area contributed by atoms with Gasteiger partial charge in [-0.1, -0.05) is 36.9 Å². The van der Waals surface area contributed by atoms with Crippen molar-refractivity contribution < 1.29 is 4.74 Å². The van der Waals surface area contributed by atoms with Crippen LogP contribution in [0.15, 0.2) is 30.8 Å². The van der Waals surface area contributed by atoms with Crippen LogP contribution >= 0.6 is 0 Å². The minimum absolute atomic E-state index is 0.129. The van der Waals surface area contributed by atoms with E-state index in [2.05, 4.69) is 57.8 Å². The first-order chi connectivity index (χ1) is 9.31. The molecule has 0 saturated carbocycles. The van der Waals surface area contributed by atoms with Gasteiger partial charge in [0, 0.05) is 11.1 Å². The summed E-state index contributed by atoms with van der Waals surface area (Å²) >= 11 is 0. The molecule has 1 saturated heterocycles. The summed E-state index contributed by atoms with van der Waals surface area (Å²) in [4.78, 5) is 0. The molecular weight excluding hydrogens is 246 g/mol. The Balaban J connectivity index is 2.01. The first-order valence-electron chi connectivity index (χ1n) is 7.43. The third-order valence-corrected chi connectivity index (χ3v) is 3.90. The SMILES string of the molecule is C=Cc1ccccc1COC1CC(C)(C)NC(C)(C)C1. The van der Waals surface area contributed by atoms with E-state index < -0.39 is 0 Å². The van der Waals surface area contributed by atoms with Gasteiger partial charge in [0.25, 0.3) is 0 Å². The highest BCUT2D eigenvalue weighted by Crippen LogP contribution is 2.31. The molecule has 0 aliphatic carbocycles. The molecule has 1 heterocycles. The molecular formula is C18H27NO.